The van der Waals surface area contributed by atoms with Crippen LogP contribution in [0.1, 0.15) is 26.2 Å². The van der Waals surface area contributed by atoms with Gasteiger partial charge in [0.15, 0.2) is 0 Å². The number of esters is 1. The van der Waals surface area contributed by atoms with Gasteiger partial charge in [0.1, 0.15) is 5.54 Å². The molecule has 1 atom stereocenters. The van der Waals surface area contributed by atoms with Gasteiger partial charge in [-0.05, 0) is 25.9 Å². The molecule has 0 saturated carbocycles. The molecule has 2 aliphatic heterocycles. The molecule has 0 N–H and O–H groups in total. The Morgan fingerprint density at radius 1 is 1.58 bits per heavy atom. The SMILES string of the molecule is CCN1CCCC12CCOC2=O. The number of carbonyl (C=O) groups excluding carboxylic acids is 1. The number of hydrogen-bond donors (Lipinski definition) is 0. The highest BCUT2D eigenvalue weighted by molar-refractivity contribution is 5.83. The van der Waals surface area contributed by atoms with Crippen molar-refractivity contribution in [3.8, 4) is 0 Å². The van der Waals surface area contributed by atoms with Crippen molar-refractivity contribution in [3.05, 3.63) is 0 Å². The molecule has 2 rings (SSSR count). The van der Waals surface area contributed by atoms with E-state index in [1.165, 1.54) is 0 Å². The average molecular weight is 169 g/mol. The van der Waals surface area contributed by atoms with Crippen molar-refractivity contribution >= 4 is 5.97 Å². The van der Waals surface area contributed by atoms with Gasteiger partial charge >= 0.3 is 5.97 Å². The maximum absolute atomic E-state index is 11.5. The summed E-state index contributed by atoms with van der Waals surface area (Å²) in [5.41, 5.74) is -0.214. The second-order valence-corrected chi connectivity index (χ2v) is 3.60. The van der Waals surface area contributed by atoms with E-state index < -0.39 is 0 Å². The second-order valence-electron chi connectivity index (χ2n) is 3.60. The third kappa shape index (κ3) is 0.891. The van der Waals surface area contributed by atoms with Gasteiger partial charge in [0, 0.05) is 6.42 Å². The lowest BCUT2D eigenvalue weighted by molar-refractivity contribution is -0.146. The molecule has 0 aromatic heterocycles. The average Bonchev–Trinajstić information content (AvgIpc) is 2.62. The lowest BCUT2D eigenvalue weighted by atomic mass is 9.95. The van der Waals surface area contributed by atoms with Crippen molar-refractivity contribution in [2.75, 3.05) is 19.7 Å². The first kappa shape index (κ1) is 8.05. The first-order valence-electron chi connectivity index (χ1n) is 4.72. The Morgan fingerprint density at radius 2 is 2.42 bits per heavy atom. The molecular formula is C9H15NO2. The van der Waals surface area contributed by atoms with Crippen molar-refractivity contribution < 1.29 is 9.53 Å². The third-order valence-electron chi connectivity index (χ3n) is 3.13. The minimum Gasteiger partial charge on any atom is -0.464 e. The van der Waals surface area contributed by atoms with Crippen molar-refractivity contribution in [3.63, 3.8) is 0 Å². The highest BCUT2D eigenvalue weighted by Crippen LogP contribution is 2.36. The molecule has 2 heterocycles. The van der Waals surface area contributed by atoms with Crippen molar-refractivity contribution in [2.24, 2.45) is 0 Å². The first-order chi connectivity index (χ1) is 5.79. The fraction of sp³-hybridized carbons (Fsp3) is 0.889. The van der Waals surface area contributed by atoms with Crippen LogP contribution < -0.4 is 0 Å². The highest BCUT2D eigenvalue weighted by atomic mass is 16.5. The third-order valence-corrected chi connectivity index (χ3v) is 3.13. The Kier molecular flexibility index (Phi) is 1.83. The Balaban J connectivity index is 2.22. The maximum atomic E-state index is 11.5. The van der Waals surface area contributed by atoms with E-state index in [4.69, 9.17) is 4.74 Å². The number of rotatable bonds is 1. The number of nitrogens with zero attached hydrogens (tertiary/aromatic N) is 1. The van der Waals surface area contributed by atoms with Gasteiger partial charge < -0.3 is 4.74 Å². The van der Waals surface area contributed by atoms with Crippen LogP contribution >= 0.6 is 0 Å². The fourth-order valence-corrected chi connectivity index (χ4v) is 2.46. The van der Waals surface area contributed by atoms with Crippen LogP contribution in [0.2, 0.25) is 0 Å². The van der Waals surface area contributed by atoms with E-state index in [1.807, 2.05) is 0 Å². The largest absolute Gasteiger partial charge is 0.464 e. The molecule has 0 aromatic rings. The van der Waals surface area contributed by atoms with Crippen molar-refractivity contribution in [2.45, 2.75) is 31.7 Å². The summed E-state index contributed by atoms with van der Waals surface area (Å²) in [4.78, 5) is 13.8. The van der Waals surface area contributed by atoms with E-state index >= 15 is 0 Å². The zero-order valence-corrected chi connectivity index (χ0v) is 7.51. The van der Waals surface area contributed by atoms with Gasteiger partial charge in [-0.3, -0.25) is 9.69 Å². The Hall–Kier alpha value is -0.570. The zero-order valence-electron chi connectivity index (χ0n) is 7.51. The standard InChI is InChI=1S/C9H15NO2/c1-2-10-6-3-4-9(10)5-7-12-8(9)11/h2-7H2,1H3. The molecule has 1 spiro atoms. The van der Waals surface area contributed by atoms with Gasteiger partial charge in [0.25, 0.3) is 0 Å². The van der Waals surface area contributed by atoms with Crippen LogP contribution in [0.25, 0.3) is 0 Å². The Bertz CT molecular complexity index is 201. The number of likely N-dealkylation sites (N-methyl/N-ethyl adjacent to an activating group) is 1. The topological polar surface area (TPSA) is 29.5 Å². The first-order valence-corrected chi connectivity index (χ1v) is 4.72. The number of hydrogen-bond acceptors (Lipinski definition) is 3. The summed E-state index contributed by atoms with van der Waals surface area (Å²) in [6, 6.07) is 0. The van der Waals surface area contributed by atoms with Gasteiger partial charge in [0.2, 0.25) is 0 Å². The molecule has 2 saturated heterocycles. The lowest BCUT2D eigenvalue weighted by Crippen LogP contribution is -2.47. The number of likely N-dealkylation sites (tertiary alicyclic amines) is 1. The van der Waals surface area contributed by atoms with Crippen LogP contribution in [0, 0.1) is 0 Å². The summed E-state index contributed by atoms with van der Waals surface area (Å²) in [7, 11) is 0. The minimum absolute atomic E-state index is 0.0156. The lowest BCUT2D eigenvalue weighted by Gasteiger charge is -2.29. The molecule has 2 aliphatic rings. The molecule has 3 nitrogen and oxygen atoms in total. The predicted octanol–water partition coefficient (Wildman–Crippen LogP) is 0.788. The molecule has 12 heavy (non-hydrogen) atoms. The highest BCUT2D eigenvalue weighted by Gasteiger charge is 2.51. The fourth-order valence-electron chi connectivity index (χ4n) is 2.46. The summed E-state index contributed by atoms with van der Waals surface area (Å²) >= 11 is 0. The summed E-state index contributed by atoms with van der Waals surface area (Å²) < 4.78 is 5.04. The summed E-state index contributed by atoms with van der Waals surface area (Å²) in [6.07, 6.45) is 3.04. The van der Waals surface area contributed by atoms with E-state index in [9.17, 15) is 4.79 Å². The minimum atomic E-state index is -0.214. The van der Waals surface area contributed by atoms with E-state index in [-0.39, 0.29) is 11.5 Å². The monoisotopic (exact) mass is 169 g/mol. The maximum Gasteiger partial charge on any atom is 0.326 e. The quantitative estimate of drug-likeness (QED) is 0.543. The summed E-state index contributed by atoms with van der Waals surface area (Å²) in [6.45, 7) is 4.76. The van der Waals surface area contributed by atoms with Crippen molar-refractivity contribution in [1.82, 2.24) is 4.90 Å². The van der Waals surface area contributed by atoms with Gasteiger partial charge in [-0.1, -0.05) is 6.92 Å². The second kappa shape index (κ2) is 2.73. The van der Waals surface area contributed by atoms with Crippen molar-refractivity contribution in [1.29, 1.82) is 0 Å². The normalized spacial score (nSPS) is 36.2. The molecule has 0 radical (unpaired) electrons. The predicted molar refractivity (Wildman–Crippen MR) is 44.8 cm³/mol. The summed E-state index contributed by atoms with van der Waals surface area (Å²) in [5.74, 6) is 0.0156. The van der Waals surface area contributed by atoms with Gasteiger partial charge in [-0.25, -0.2) is 0 Å². The van der Waals surface area contributed by atoms with Crippen LogP contribution in [0.15, 0.2) is 0 Å². The zero-order chi connectivity index (χ0) is 8.60. The van der Waals surface area contributed by atoms with Crippen LogP contribution in [-0.4, -0.2) is 36.1 Å². The van der Waals surface area contributed by atoms with E-state index in [0.29, 0.717) is 6.61 Å². The molecule has 68 valence electrons. The number of carbonyl (C=O) groups is 1. The van der Waals surface area contributed by atoms with Crippen LogP contribution in [0.4, 0.5) is 0 Å². The molecule has 0 aliphatic carbocycles. The number of cyclic esters (lactones) is 1. The Morgan fingerprint density at radius 3 is 3.00 bits per heavy atom. The molecule has 2 fully saturated rings. The van der Waals surface area contributed by atoms with Crippen LogP contribution in [-0.2, 0) is 9.53 Å². The molecular weight excluding hydrogens is 154 g/mol. The van der Waals surface area contributed by atoms with Crippen LogP contribution in [0.3, 0.4) is 0 Å². The van der Waals surface area contributed by atoms with E-state index in [1.54, 1.807) is 0 Å². The van der Waals surface area contributed by atoms with Gasteiger partial charge in [0.05, 0.1) is 6.61 Å². The van der Waals surface area contributed by atoms with Crippen LogP contribution in [0.5, 0.6) is 0 Å². The van der Waals surface area contributed by atoms with E-state index in [0.717, 1.165) is 32.4 Å². The molecule has 0 aromatic carbocycles. The molecule has 0 amide bonds. The molecule has 0 bridgehead atoms. The molecule has 3 heteroatoms. The summed E-state index contributed by atoms with van der Waals surface area (Å²) in [5, 5.41) is 0. The van der Waals surface area contributed by atoms with Gasteiger partial charge in [-0.15, -0.1) is 0 Å². The van der Waals surface area contributed by atoms with E-state index in [2.05, 4.69) is 11.8 Å². The number of ether oxygens (including phenoxy) is 1. The Labute approximate surface area is 72.7 Å². The molecule has 1 unspecified atom stereocenters. The smallest absolute Gasteiger partial charge is 0.326 e. The van der Waals surface area contributed by atoms with Gasteiger partial charge in [-0.2, -0.15) is 0 Å².